The Morgan fingerprint density at radius 2 is 2.03 bits per heavy atom. The fraction of sp³-hybridized carbons (Fsp3) is 0.364. The van der Waals surface area contributed by atoms with E-state index in [0.29, 0.717) is 47.9 Å². The van der Waals surface area contributed by atoms with Crippen molar-refractivity contribution < 1.29 is 14.3 Å². The number of hydrogen-bond acceptors (Lipinski definition) is 6. The number of rotatable bonds is 9. The smallest absolute Gasteiger partial charge is 0.261 e. The van der Waals surface area contributed by atoms with E-state index >= 15 is 0 Å². The number of aromatic nitrogens is 3. The summed E-state index contributed by atoms with van der Waals surface area (Å²) in [6.45, 7) is 0.765. The minimum atomic E-state index is -0.190. The summed E-state index contributed by atoms with van der Waals surface area (Å²) in [4.78, 5) is 34.3. The maximum Gasteiger partial charge on any atom is 0.261 e. The van der Waals surface area contributed by atoms with E-state index in [9.17, 15) is 9.59 Å². The van der Waals surface area contributed by atoms with Crippen molar-refractivity contribution in [2.24, 2.45) is 0 Å². The Bertz CT molecular complexity index is 1110. The van der Waals surface area contributed by atoms with E-state index in [-0.39, 0.29) is 23.9 Å². The van der Waals surface area contributed by atoms with Crippen LogP contribution in [0.1, 0.15) is 31.1 Å². The molecule has 30 heavy (non-hydrogen) atoms. The third-order valence-electron chi connectivity index (χ3n) is 4.94. The Hall–Kier alpha value is -3.26. The molecule has 0 aliphatic heterocycles. The molecule has 8 nitrogen and oxygen atoms in total. The molecule has 1 aromatic carbocycles. The van der Waals surface area contributed by atoms with Gasteiger partial charge in [0.05, 0.1) is 17.5 Å². The van der Waals surface area contributed by atoms with Gasteiger partial charge in [-0.15, -0.1) is 0 Å². The lowest BCUT2D eigenvalue weighted by molar-refractivity contribution is -0.116. The van der Waals surface area contributed by atoms with Gasteiger partial charge >= 0.3 is 0 Å². The van der Waals surface area contributed by atoms with Crippen molar-refractivity contribution in [2.75, 3.05) is 25.6 Å². The highest BCUT2D eigenvalue weighted by Gasteiger charge is 2.28. The number of pyridine rings is 1. The van der Waals surface area contributed by atoms with Crippen LogP contribution in [0.25, 0.3) is 10.9 Å². The number of anilines is 1. The number of nitrogens with zero attached hydrogens (tertiary/aromatic N) is 3. The number of methoxy groups -OCH3 is 1. The van der Waals surface area contributed by atoms with Gasteiger partial charge in [-0.3, -0.25) is 14.2 Å². The first-order chi connectivity index (χ1) is 14.7. The summed E-state index contributed by atoms with van der Waals surface area (Å²) in [7, 11) is 1.59. The minimum Gasteiger partial charge on any atom is -0.474 e. The molecule has 3 aromatic rings. The van der Waals surface area contributed by atoms with Crippen LogP contribution in [0.4, 0.5) is 5.69 Å². The average molecular weight is 408 g/mol. The zero-order valence-electron chi connectivity index (χ0n) is 16.8. The summed E-state index contributed by atoms with van der Waals surface area (Å²) >= 11 is 0. The molecule has 1 aliphatic carbocycles. The Morgan fingerprint density at radius 1 is 1.20 bits per heavy atom. The molecule has 1 amide bonds. The largest absolute Gasteiger partial charge is 0.474 e. The van der Waals surface area contributed by atoms with E-state index in [1.54, 1.807) is 36.1 Å². The van der Waals surface area contributed by atoms with Crippen LogP contribution >= 0.6 is 0 Å². The molecule has 0 saturated heterocycles. The van der Waals surface area contributed by atoms with E-state index in [4.69, 9.17) is 9.47 Å². The number of amides is 1. The molecule has 2 aromatic heterocycles. The number of aryl methyl sites for hydroxylation is 1. The molecule has 8 heteroatoms. The first-order valence-electron chi connectivity index (χ1n) is 10.0. The molecular weight excluding hydrogens is 384 g/mol. The van der Waals surface area contributed by atoms with Crippen LogP contribution in [0.3, 0.4) is 0 Å². The van der Waals surface area contributed by atoms with Gasteiger partial charge in [0.15, 0.2) is 0 Å². The highest BCUT2D eigenvalue weighted by molar-refractivity contribution is 5.92. The van der Waals surface area contributed by atoms with Crippen molar-refractivity contribution in [3.8, 4) is 5.88 Å². The standard InChI is InChI=1S/C22H24N4O4/c1-29-13-14-30-21-18(7-4-12-23-21)25-20(27)11-10-19-24-17-6-3-2-5-16(17)22(28)26(19)15-8-9-15/h2-7,12,15H,8-11,13-14H2,1H3,(H,25,27). The number of ether oxygens (including phenoxy) is 2. The number of hydrogen-bond donors (Lipinski definition) is 1. The van der Waals surface area contributed by atoms with Crippen LogP contribution in [0, 0.1) is 0 Å². The van der Waals surface area contributed by atoms with Crippen molar-refractivity contribution in [3.05, 3.63) is 58.8 Å². The van der Waals surface area contributed by atoms with Crippen LogP contribution in [-0.2, 0) is 16.0 Å². The number of nitrogens with one attached hydrogen (secondary N) is 1. The van der Waals surface area contributed by atoms with Gasteiger partial charge in [-0.25, -0.2) is 9.97 Å². The zero-order valence-corrected chi connectivity index (χ0v) is 16.8. The van der Waals surface area contributed by atoms with Gasteiger partial charge < -0.3 is 14.8 Å². The van der Waals surface area contributed by atoms with Crippen molar-refractivity contribution >= 4 is 22.5 Å². The fourth-order valence-corrected chi connectivity index (χ4v) is 3.34. The minimum absolute atomic E-state index is 0.0282. The van der Waals surface area contributed by atoms with Gasteiger partial charge in [0.1, 0.15) is 18.1 Å². The molecule has 1 fully saturated rings. The summed E-state index contributed by atoms with van der Waals surface area (Å²) in [5, 5.41) is 3.46. The van der Waals surface area contributed by atoms with Gasteiger partial charge in [-0.2, -0.15) is 0 Å². The van der Waals surface area contributed by atoms with Crippen molar-refractivity contribution in [1.29, 1.82) is 0 Å². The van der Waals surface area contributed by atoms with Crippen LogP contribution in [0.2, 0.25) is 0 Å². The molecule has 1 saturated carbocycles. The lowest BCUT2D eigenvalue weighted by Gasteiger charge is -2.13. The van der Waals surface area contributed by atoms with Crippen LogP contribution in [-0.4, -0.2) is 40.8 Å². The van der Waals surface area contributed by atoms with Crippen LogP contribution in [0.5, 0.6) is 5.88 Å². The zero-order chi connectivity index (χ0) is 20.9. The van der Waals surface area contributed by atoms with Crippen LogP contribution in [0.15, 0.2) is 47.4 Å². The van der Waals surface area contributed by atoms with Crippen molar-refractivity contribution in [3.63, 3.8) is 0 Å². The number of benzene rings is 1. The Kier molecular flexibility index (Phi) is 6.04. The van der Waals surface area contributed by atoms with Gasteiger partial charge in [-0.1, -0.05) is 12.1 Å². The lowest BCUT2D eigenvalue weighted by atomic mass is 10.2. The summed E-state index contributed by atoms with van der Waals surface area (Å²) in [6, 6.07) is 11.0. The molecule has 0 bridgehead atoms. The second-order valence-electron chi connectivity index (χ2n) is 7.20. The molecule has 0 unspecified atom stereocenters. The SMILES string of the molecule is COCCOc1ncccc1NC(=O)CCc1nc2ccccc2c(=O)n1C1CC1. The summed E-state index contributed by atoms with van der Waals surface area (Å²) < 4.78 is 12.3. The van der Waals surface area contributed by atoms with Crippen molar-refractivity contribution in [2.45, 2.75) is 31.7 Å². The summed E-state index contributed by atoms with van der Waals surface area (Å²) in [6.07, 6.45) is 4.12. The first kappa shape index (κ1) is 20.0. The van der Waals surface area contributed by atoms with E-state index in [1.165, 1.54) is 0 Å². The predicted molar refractivity (Wildman–Crippen MR) is 113 cm³/mol. The molecule has 0 spiro atoms. The predicted octanol–water partition coefficient (Wildman–Crippen LogP) is 2.72. The van der Waals surface area contributed by atoms with E-state index < -0.39 is 0 Å². The van der Waals surface area contributed by atoms with E-state index in [2.05, 4.69) is 15.3 Å². The Labute approximate surface area is 173 Å². The summed E-state index contributed by atoms with van der Waals surface area (Å²) in [5.41, 5.74) is 1.14. The number of fused-ring (bicyclic) bond motifs is 1. The van der Waals surface area contributed by atoms with E-state index in [1.807, 2.05) is 18.2 Å². The van der Waals surface area contributed by atoms with E-state index in [0.717, 1.165) is 12.8 Å². The van der Waals surface area contributed by atoms with Gasteiger partial charge in [0, 0.05) is 32.2 Å². The van der Waals surface area contributed by atoms with Crippen LogP contribution < -0.4 is 15.6 Å². The lowest BCUT2D eigenvalue weighted by Crippen LogP contribution is -2.25. The quantitative estimate of drug-likeness (QED) is 0.547. The second kappa shape index (κ2) is 9.04. The molecule has 2 heterocycles. The molecule has 0 radical (unpaired) electrons. The average Bonchev–Trinajstić information content (AvgIpc) is 3.59. The Morgan fingerprint density at radius 3 is 2.83 bits per heavy atom. The topological polar surface area (TPSA) is 95.3 Å². The highest BCUT2D eigenvalue weighted by atomic mass is 16.5. The maximum absolute atomic E-state index is 12.9. The normalized spacial score (nSPS) is 13.4. The number of carbonyl (C=O) groups excluding carboxylic acids is 1. The molecule has 156 valence electrons. The summed E-state index contributed by atoms with van der Waals surface area (Å²) in [5.74, 6) is 0.810. The number of para-hydroxylation sites is 1. The molecule has 1 N–H and O–H groups in total. The molecule has 4 rings (SSSR count). The monoisotopic (exact) mass is 408 g/mol. The third kappa shape index (κ3) is 4.49. The van der Waals surface area contributed by atoms with Gasteiger partial charge in [-0.05, 0) is 37.1 Å². The van der Waals surface area contributed by atoms with Gasteiger partial charge in [0.2, 0.25) is 11.8 Å². The first-order valence-corrected chi connectivity index (χ1v) is 10.0. The highest BCUT2D eigenvalue weighted by Crippen LogP contribution is 2.35. The maximum atomic E-state index is 12.9. The number of carbonyl (C=O) groups is 1. The Balaban J connectivity index is 1.48. The molecule has 0 atom stereocenters. The van der Waals surface area contributed by atoms with Crippen molar-refractivity contribution in [1.82, 2.24) is 14.5 Å². The third-order valence-corrected chi connectivity index (χ3v) is 4.94. The molecular formula is C22H24N4O4. The second-order valence-corrected chi connectivity index (χ2v) is 7.20. The van der Waals surface area contributed by atoms with Gasteiger partial charge in [0.25, 0.3) is 5.56 Å². The molecule has 1 aliphatic rings. The fourth-order valence-electron chi connectivity index (χ4n) is 3.34.